The molecular formula is C20H23N5O3S. The van der Waals surface area contributed by atoms with Crippen LogP contribution in [0.1, 0.15) is 30.5 Å². The second-order valence-electron chi connectivity index (χ2n) is 6.73. The molecule has 1 aromatic carbocycles. The molecule has 9 heteroatoms. The predicted molar refractivity (Wildman–Crippen MR) is 111 cm³/mol. The smallest absolute Gasteiger partial charge is 0.315 e. The minimum absolute atomic E-state index is 0.257. The van der Waals surface area contributed by atoms with Crippen LogP contribution in [0.5, 0.6) is 5.75 Å². The van der Waals surface area contributed by atoms with Crippen molar-refractivity contribution >= 4 is 34.6 Å². The van der Waals surface area contributed by atoms with Gasteiger partial charge in [0.25, 0.3) is 0 Å². The van der Waals surface area contributed by atoms with E-state index in [2.05, 4.69) is 20.1 Å². The molecule has 2 aromatic heterocycles. The van der Waals surface area contributed by atoms with Gasteiger partial charge in [0.15, 0.2) is 10.8 Å². The van der Waals surface area contributed by atoms with Crippen molar-refractivity contribution in [3.05, 3.63) is 35.5 Å². The van der Waals surface area contributed by atoms with Crippen LogP contribution < -0.4 is 9.64 Å². The van der Waals surface area contributed by atoms with E-state index >= 15 is 0 Å². The third-order valence-electron chi connectivity index (χ3n) is 5.01. The maximum absolute atomic E-state index is 12.6. The van der Waals surface area contributed by atoms with Crippen molar-refractivity contribution < 1.29 is 14.3 Å². The number of methoxy groups -OCH3 is 1. The van der Waals surface area contributed by atoms with Gasteiger partial charge in [-0.05, 0) is 37.3 Å². The molecule has 0 saturated carbocycles. The molecule has 1 aliphatic rings. The number of hydrogen-bond donors (Lipinski definition) is 1. The van der Waals surface area contributed by atoms with E-state index in [1.54, 1.807) is 7.11 Å². The molecule has 1 atom stereocenters. The minimum Gasteiger partial charge on any atom is -0.497 e. The molecule has 3 aromatic rings. The number of ether oxygens (including phenoxy) is 2. The van der Waals surface area contributed by atoms with E-state index in [4.69, 9.17) is 14.5 Å². The van der Waals surface area contributed by atoms with Crippen molar-refractivity contribution in [2.45, 2.75) is 31.0 Å². The summed E-state index contributed by atoms with van der Waals surface area (Å²) in [5.74, 6) is 0.920. The largest absolute Gasteiger partial charge is 0.497 e. The summed E-state index contributed by atoms with van der Waals surface area (Å²) in [7, 11) is 1.65. The van der Waals surface area contributed by atoms with Crippen LogP contribution in [0.15, 0.2) is 29.4 Å². The van der Waals surface area contributed by atoms with Gasteiger partial charge in [-0.2, -0.15) is 5.10 Å². The molecule has 3 heterocycles. The lowest BCUT2D eigenvalue weighted by Gasteiger charge is -2.23. The first-order valence-corrected chi connectivity index (χ1v) is 10.7. The number of H-pyrrole nitrogens is 1. The number of anilines is 1. The van der Waals surface area contributed by atoms with Crippen molar-refractivity contribution in [3.63, 3.8) is 0 Å². The maximum atomic E-state index is 12.6. The van der Waals surface area contributed by atoms with E-state index in [0.29, 0.717) is 42.6 Å². The number of nitrogens with one attached hydrogen (secondary N) is 1. The Morgan fingerprint density at radius 2 is 2.10 bits per heavy atom. The van der Waals surface area contributed by atoms with Crippen molar-refractivity contribution in [3.8, 4) is 5.75 Å². The van der Waals surface area contributed by atoms with Gasteiger partial charge in [0, 0.05) is 13.1 Å². The molecule has 0 spiro atoms. The lowest BCUT2D eigenvalue weighted by atomic mass is 10.0. The Hall–Kier alpha value is -2.81. The van der Waals surface area contributed by atoms with Gasteiger partial charge in [-0.25, -0.2) is 9.97 Å². The van der Waals surface area contributed by atoms with Gasteiger partial charge in [0.05, 0.1) is 24.8 Å². The van der Waals surface area contributed by atoms with Crippen LogP contribution >= 0.6 is 11.8 Å². The van der Waals surface area contributed by atoms with Crippen molar-refractivity contribution in [1.82, 2.24) is 20.2 Å². The normalized spacial score (nSPS) is 16.0. The van der Waals surface area contributed by atoms with E-state index in [0.717, 1.165) is 22.5 Å². The quantitative estimate of drug-likeness (QED) is 0.374. The Morgan fingerprint density at radius 3 is 2.79 bits per heavy atom. The summed E-state index contributed by atoms with van der Waals surface area (Å²) in [6.45, 7) is 3.47. The van der Waals surface area contributed by atoms with Crippen LogP contribution in [0.4, 0.5) is 5.82 Å². The molecule has 1 aliphatic heterocycles. The predicted octanol–water partition coefficient (Wildman–Crippen LogP) is 3.14. The lowest BCUT2D eigenvalue weighted by Crippen LogP contribution is -2.26. The Morgan fingerprint density at radius 1 is 1.31 bits per heavy atom. The number of thioether (sulfide) groups is 1. The van der Waals surface area contributed by atoms with E-state index in [-0.39, 0.29) is 5.97 Å². The van der Waals surface area contributed by atoms with Crippen LogP contribution in [0, 0.1) is 0 Å². The second-order valence-corrected chi connectivity index (χ2v) is 7.50. The number of aromatic nitrogens is 4. The second kappa shape index (κ2) is 8.28. The molecular weight excluding hydrogens is 390 g/mol. The summed E-state index contributed by atoms with van der Waals surface area (Å²) >= 11 is 1.48. The Balaban J connectivity index is 1.77. The highest BCUT2D eigenvalue weighted by molar-refractivity contribution is 7.98. The van der Waals surface area contributed by atoms with Crippen molar-refractivity contribution in [1.29, 1.82) is 0 Å². The number of esters is 1. The summed E-state index contributed by atoms with van der Waals surface area (Å²) in [5, 5.41) is 8.87. The van der Waals surface area contributed by atoms with E-state index in [1.165, 1.54) is 11.8 Å². The van der Waals surface area contributed by atoms with Crippen LogP contribution in [0.2, 0.25) is 0 Å². The first-order valence-electron chi connectivity index (χ1n) is 9.49. The molecule has 152 valence electrons. The van der Waals surface area contributed by atoms with Gasteiger partial charge in [0.2, 0.25) is 0 Å². The molecule has 4 rings (SSSR count). The standard InChI is InChI=1S/C20H23N5O3S/c1-4-28-19(26)14-9-10-25(11-12-5-7-13(27-2)8-6-12)18-15-16(14)23-24-17(15)21-20(22-18)29-3/h5-8,14H,4,9-11H2,1-3H3,(H,21,22,23,24). The minimum atomic E-state index is -0.438. The van der Waals surface area contributed by atoms with Gasteiger partial charge < -0.3 is 14.4 Å². The zero-order chi connectivity index (χ0) is 20.4. The van der Waals surface area contributed by atoms with E-state index < -0.39 is 5.92 Å². The highest BCUT2D eigenvalue weighted by Gasteiger charge is 2.33. The number of aromatic amines is 1. The average molecular weight is 414 g/mol. The summed E-state index contributed by atoms with van der Waals surface area (Å²) in [4.78, 5) is 24.1. The van der Waals surface area contributed by atoms with Crippen LogP contribution in [-0.2, 0) is 16.1 Å². The maximum Gasteiger partial charge on any atom is 0.315 e. The molecule has 1 N–H and O–H groups in total. The molecule has 8 nitrogen and oxygen atoms in total. The van der Waals surface area contributed by atoms with Gasteiger partial charge in [-0.3, -0.25) is 9.89 Å². The fraction of sp³-hybridized carbons (Fsp3) is 0.400. The number of carbonyl (C=O) groups is 1. The third-order valence-corrected chi connectivity index (χ3v) is 5.56. The van der Waals surface area contributed by atoms with Gasteiger partial charge in [-0.15, -0.1) is 0 Å². The SMILES string of the molecule is CCOC(=O)C1CCN(Cc2ccc(OC)cc2)c2nc(SC)nc3[nH]nc1c23. The summed E-state index contributed by atoms with van der Waals surface area (Å²) in [6, 6.07) is 7.97. The van der Waals surface area contributed by atoms with Gasteiger partial charge in [-0.1, -0.05) is 23.9 Å². The average Bonchev–Trinajstić information content (AvgIpc) is 3.09. The zero-order valence-corrected chi connectivity index (χ0v) is 17.5. The summed E-state index contributed by atoms with van der Waals surface area (Å²) in [6.07, 6.45) is 2.54. The monoisotopic (exact) mass is 413 g/mol. The molecule has 0 bridgehead atoms. The van der Waals surface area contributed by atoms with Crippen molar-refractivity contribution in [2.75, 3.05) is 31.4 Å². The number of rotatable bonds is 6. The summed E-state index contributed by atoms with van der Waals surface area (Å²) < 4.78 is 10.6. The molecule has 29 heavy (non-hydrogen) atoms. The third kappa shape index (κ3) is 3.74. The van der Waals surface area contributed by atoms with Gasteiger partial charge >= 0.3 is 5.97 Å². The first-order chi connectivity index (χ1) is 14.1. The molecule has 1 unspecified atom stereocenters. The highest BCUT2D eigenvalue weighted by atomic mass is 32.2. The Labute approximate surface area is 173 Å². The van der Waals surface area contributed by atoms with E-state index in [9.17, 15) is 4.79 Å². The molecule has 0 radical (unpaired) electrons. The fourth-order valence-corrected chi connectivity index (χ4v) is 3.95. The van der Waals surface area contributed by atoms with Gasteiger partial charge in [0.1, 0.15) is 17.5 Å². The Bertz CT molecular complexity index is 1020. The number of carbonyl (C=O) groups excluding carboxylic acids is 1. The topological polar surface area (TPSA) is 93.2 Å². The number of nitrogens with zero attached hydrogens (tertiary/aromatic N) is 4. The molecule has 0 saturated heterocycles. The molecule has 0 amide bonds. The number of benzene rings is 1. The molecule has 0 fully saturated rings. The summed E-state index contributed by atoms with van der Waals surface area (Å²) in [5.41, 5.74) is 2.44. The highest BCUT2D eigenvalue weighted by Crippen LogP contribution is 2.37. The van der Waals surface area contributed by atoms with Crippen LogP contribution in [0.3, 0.4) is 0 Å². The van der Waals surface area contributed by atoms with Crippen molar-refractivity contribution in [2.24, 2.45) is 0 Å². The van der Waals surface area contributed by atoms with E-state index in [1.807, 2.05) is 37.4 Å². The number of hydrogen-bond acceptors (Lipinski definition) is 8. The fourth-order valence-electron chi connectivity index (χ4n) is 3.59. The Kier molecular flexibility index (Phi) is 5.57. The first kappa shape index (κ1) is 19.5. The van der Waals surface area contributed by atoms with Crippen LogP contribution in [-0.4, -0.2) is 52.7 Å². The molecule has 0 aliphatic carbocycles. The zero-order valence-electron chi connectivity index (χ0n) is 16.6. The lowest BCUT2D eigenvalue weighted by molar-refractivity contribution is -0.145. The van der Waals surface area contributed by atoms with Crippen LogP contribution in [0.25, 0.3) is 11.0 Å².